The summed E-state index contributed by atoms with van der Waals surface area (Å²) in [6.45, 7) is 0. The summed E-state index contributed by atoms with van der Waals surface area (Å²) < 4.78 is 6.32. The van der Waals surface area contributed by atoms with Crippen LogP contribution in [0.1, 0.15) is 34.8 Å². The van der Waals surface area contributed by atoms with Crippen molar-refractivity contribution in [1.29, 1.82) is 0 Å². The molecule has 0 saturated heterocycles. The summed E-state index contributed by atoms with van der Waals surface area (Å²) in [6, 6.07) is 12.0. The van der Waals surface area contributed by atoms with E-state index in [0.717, 1.165) is 28.4 Å². The van der Waals surface area contributed by atoms with Crippen molar-refractivity contribution in [2.75, 3.05) is 7.11 Å². The normalized spacial score (nSPS) is 14.9. The zero-order chi connectivity index (χ0) is 14.1. The summed E-state index contributed by atoms with van der Waals surface area (Å²) in [5.74, 6) is 0.701. The van der Waals surface area contributed by atoms with E-state index < -0.39 is 6.10 Å². The molecule has 0 fully saturated rings. The van der Waals surface area contributed by atoms with Crippen LogP contribution in [-0.4, -0.2) is 12.2 Å². The van der Waals surface area contributed by atoms with Gasteiger partial charge in [-0.05, 0) is 48.1 Å². The molecule has 2 nitrogen and oxygen atoms in total. The van der Waals surface area contributed by atoms with E-state index >= 15 is 0 Å². The molecule has 3 heteroatoms. The number of aliphatic hydroxyl groups is 1. The second kappa shape index (κ2) is 5.58. The number of hydrogen-bond donors (Lipinski definition) is 1. The highest BCUT2D eigenvalue weighted by molar-refractivity contribution is 9.10. The van der Waals surface area contributed by atoms with Crippen molar-refractivity contribution >= 4 is 15.9 Å². The van der Waals surface area contributed by atoms with Gasteiger partial charge < -0.3 is 9.84 Å². The minimum atomic E-state index is -0.649. The van der Waals surface area contributed by atoms with Gasteiger partial charge in [-0.2, -0.15) is 0 Å². The van der Waals surface area contributed by atoms with E-state index in [4.69, 9.17) is 4.74 Å². The lowest BCUT2D eigenvalue weighted by atomic mass is 9.97. The maximum Gasteiger partial charge on any atom is 0.126 e. The van der Waals surface area contributed by atoms with Crippen molar-refractivity contribution in [2.24, 2.45) is 0 Å². The average Bonchev–Trinajstić information content (AvgIpc) is 2.93. The first kappa shape index (κ1) is 13.7. The predicted octanol–water partition coefficient (Wildman–Crippen LogP) is 4.03. The smallest absolute Gasteiger partial charge is 0.126 e. The fourth-order valence-electron chi connectivity index (χ4n) is 2.85. The minimum Gasteiger partial charge on any atom is -0.496 e. The number of ether oxygens (including phenoxy) is 1. The lowest BCUT2D eigenvalue weighted by molar-refractivity contribution is 0.214. The van der Waals surface area contributed by atoms with Gasteiger partial charge in [-0.15, -0.1) is 0 Å². The highest BCUT2D eigenvalue weighted by Crippen LogP contribution is 2.34. The molecule has 0 heterocycles. The molecule has 0 aromatic heterocycles. The molecule has 0 aliphatic heterocycles. The van der Waals surface area contributed by atoms with Crippen LogP contribution in [0.2, 0.25) is 0 Å². The summed E-state index contributed by atoms with van der Waals surface area (Å²) in [5.41, 5.74) is 4.53. The van der Waals surface area contributed by atoms with Gasteiger partial charge in [-0.3, -0.25) is 0 Å². The molecule has 2 aromatic carbocycles. The van der Waals surface area contributed by atoms with Crippen LogP contribution in [0.15, 0.2) is 40.9 Å². The van der Waals surface area contributed by atoms with Crippen molar-refractivity contribution < 1.29 is 9.84 Å². The van der Waals surface area contributed by atoms with Crippen LogP contribution >= 0.6 is 15.9 Å². The van der Waals surface area contributed by atoms with Crippen LogP contribution in [0.4, 0.5) is 0 Å². The first-order chi connectivity index (χ1) is 9.69. The van der Waals surface area contributed by atoms with Crippen LogP contribution < -0.4 is 4.74 Å². The molecule has 0 radical (unpaired) electrons. The Bertz CT molecular complexity index is 637. The Balaban J connectivity index is 1.98. The van der Waals surface area contributed by atoms with E-state index in [1.807, 2.05) is 24.3 Å². The molecular weight excluding hydrogens is 316 g/mol. The molecule has 20 heavy (non-hydrogen) atoms. The molecule has 1 N–H and O–H groups in total. The van der Waals surface area contributed by atoms with Gasteiger partial charge >= 0.3 is 0 Å². The molecule has 0 saturated carbocycles. The molecule has 104 valence electrons. The molecule has 1 unspecified atom stereocenters. The molecule has 0 spiro atoms. The first-order valence-electron chi connectivity index (χ1n) is 6.82. The number of methoxy groups -OCH3 is 1. The zero-order valence-electron chi connectivity index (χ0n) is 11.4. The lowest BCUT2D eigenvalue weighted by Gasteiger charge is -2.16. The number of rotatable bonds is 3. The minimum absolute atomic E-state index is 0.649. The molecule has 1 atom stereocenters. The van der Waals surface area contributed by atoms with Gasteiger partial charge in [-0.1, -0.05) is 40.2 Å². The fourth-order valence-corrected chi connectivity index (χ4v) is 3.19. The van der Waals surface area contributed by atoms with Gasteiger partial charge in [0.05, 0.1) is 7.11 Å². The zero-order valence-corrected chi connectivity index (χ0v) is 13.0. The van der Waals surface area contributed by atoms with Gasteiger partial charge in [0.2, 0.25) is 0 Å². The Kier molecular flexibility index (Phi) is 3.81. The lowest BCUT2D eigenvalue weighted by Crippen LogP contribution is -2.03. The molecule has 1 aliphatic carbocycles. The number of aliphatic hydroxyl groups excluding tert-OH is 1. The van der Waals surface area contributed by atoms with Crippen LogP contribution in [-0.2, 0) is 12.8 Å². The molecule has 1 aliphatic rings. The number of hydrogen-bond acceptors (Lipinski definition) is 2. The maximum absolute atomic E-state index is 10.6. The number of fused-ring (bicyclic) bond motifs is 1. The van der Waals surface area contributed by atoms with E-state index in [1.54, 1.807) is 7.11 Å². The Hall–Kier alpha value is -1.32. The van der Waals surface area contributed by atoms with Crippen LogP contribution in [0.5, 0.6) is 5.75 Å². The van der Waals surface area contributed by atoms with Gasteiger partial charge in [0.15, 0.2) is 0 Å². The van der Waals surface area contributed by atoms with E-state index in [-0.39, 0.29) is 0 Å². The van der Waals surface area contributed by atoms with Crippen molar-refractivity contribution in [3.05, 3.63) is 63.1 Å². The highest BCUT2D eigenvalue weighted by atomic mass is 79.9. The topological polar surface area (TPSA) is 29.5 Å². The monoisotopic (exact) mass is 332 g/mol. The summed E-state index contributed by atoms with van der Waals surface area (Å²) in [5, 5.41) is 10.6. The van der Waals surface area contributed by atoms with Crippen LogP contribution in [0.25, 0.3) is 0 Å². The number of aryl methyl sites for hydroxylation is 2. The van der Waals surface area contributed by atoms with Gasteiger partial charge in [0.25, 0.3) is 0 Å². The largest absolute Gasteiger partial charge is 0.496 e. The van der Waals surface area contributed by atoms with E-state index in [2.05, 4.69) is 28.1 Å². The highest BCUT2D eigenvalue weighted by Gasteiger charge is 2.18. The van der Waals surface area contributed by atoms with Gasteiger partial charge in [0, 0.05) is 10.0 Å². The van der Waals surface area contributed by atoms with Gasteiger partial charge in [0.1, 0.15) is 11.9 Å². The third kappa shape index (κ3) is 2.48. The number of halogens is 1. The second-order valence-corrected chi connectivity index (χ2v) is 6.09. The Morgan fingerprint density at radius 3 is 2.70 bits per heavy atom. The fraction of sp³-hybridized carbons (Fsp3) is 0.294. The second-order valence-electron chi connectivity index (χ2n) is 5.17. The Morgan fingerprint density at radius 1 is 1.10 bits per heavy atom. The van der Waals surface area contributed by atoms with Crippen molar-refractivity contribution in [1.82, 2.24) is 0 Å². The summed E-state index contributed by atoms with van der Waals surface area (Å²) in [7, 11) is 1.63. The Morgan fingerprint density at radius 2 is 1.90 bits per heavy atom. The third-order valence-electron chi connectivity index (χ3n) is 3.93. The summed E-state index contributed by atoms with van der Waals surface area (Å²) in [4.78, 5) is 0. The van der Waals surface area contributed by atoms with E-state index in [0.29, 0.717) is 5.75 Å². The molecule has 0 amide bonds. The molecular formula is C17H17BrO2. The van der Waals surface area contributed by atoms with E-state index in [9.17, 15) is 5.11 Å². The molecule has 3 rings (SSSR count). The number of benzene rings is 2. The van der Waals surface area contributed by atoms with Crippen molar-refractivity contribution in [3.8, 4) is 5.75 Å². The summed E-state index contributed by atoms with van der Waals surface area (Å²) in [6.07, 6.45) is 2.85. The molecule has 0 bridgehead atoms. The third-order valence-corrected chi connectivity index (χ3v) is 4.42. The summed E-state index contributed by atoms with van der Waals surface area (Å²) >= 11 is 3.42. The SMILES string of the molecule is COc1cc(Br)ccc1C(O)c1ccc2c(c1)CCC2. The first-order valence-corrected chi connectivity index (χ1v) is 7.61. The average molecular weight is 333 g/mol. The Labute approximate surface area is 127 Å². The van der Waals surface area contributed by atoms with Crippen molar-refractivity contribution in [2.45, 2.75) is 25.4 Å². The molecule has 2 aromatic rings. The van der Waals surface area contributed by atoms with Crippen LogP contribution in [0.3, 0.4) is 0 Å². The maximum atomic E-state index is 10.6. The predicted molar refractivity (Wildman–Crippen MR) is 83.2 cm³/mol. The quantitative estimate of drug-likeness (QED) is 0.919. The van der Waals surface area contributed by atoms with E-state index in [1.165, 1.54) is 17.5 Å². The van der Waals surface area contributed by atoms with Crippen molar-refractivity contribution in [3.63, 3.8) is 0 Å². The van der Waals surface area contributed by atoms with Gasteiger partial charge in [-0.25, -0.2) is 0 Å². The van der Waals surface area contributed by atoms with Crippen LogP contribution in [0, 0.1) is 0 Å². The standard InChI is InChI=1S/C17H17BrO2/c1-20-16-10-14(18)7-8-15(16)17(19)13-6-5-11-3-2-4-12(11)9-13/h5-10,17,19H,2-4H2,1H3.